The van der Waals surface area contributed by atoms with Crippen LogP contribution in [0.1, 0.15) is 101 Å². The van der Waals surface area contributed by atoms with Gasteiger partial charge in [-0.05, 0) is 90.3 Å². The molecule has 7 rings (SSSR count). The Balaban J connectivity index is 1.23. The predicted molar refractivity (Wildman–Crippen MR) is 215 cm³/mol. The zero-order valence-corrected chi connectivity index (χ0v) is 34.9. The molecule has 5 atom stereocenters. The van der Waals surface area contributed by atoms with Crippen LogP contribution >= 0.6 is 0 Å². The van der Waals surface area contributed by atoms with Crippen LogP contribution in [0.3, 0.4) is 0 Å². The van der Waals surface area contributed by atoms with E-state index in [0.717, 1.165) is 18.4 Å². The second-order valence-corrected chi connectivity index (χ2v) is 19.1. The first-order chi connectivity index (χ1) is 27.5. The lowest BCUT2D eigenvalue weighted by molar-refractivity contribution is -0.140. The number of Topliss-reactive ketones (excluding diaryl/α,β-unsaturated/α-hetero) is 1. The van der Waals surface area contributed by atoms with Crippen molar-refractivity contribution in [2.24, 2.45) is 18.4 Å². The Labute approximate surface area is 339 Å². The van der Waals surface area contributed by atoms with E-state index in [9.17, 15) is 27.6 Å². The van der Waals surface area contributed by atoms with E-state index in [1.807, 2.05) is 45.1 Å². The van der Waals surface area contributed by atoms with Crippen LogP contribution in [-0.2, 0) is 31.5 Å². The molecule has 2 aromatic heterocycles. The first-order valence-electron chi connectivity index (χ1n) is 20.2. The fraction of sp³-hybridized carbons (Fsp3) is 0.571. The number of methoxy groups -OCH3 is 1. The molecule has 58 heavy (non-hydrogen) atoms. The van der Waals surface area contributed by atoms with E-state index >= 15 is 0 Å². The number of fused-ring (bicyclic) bond motifs is 3. The van der Waals surface area contributed by atoms with Gasteiger partial charge in [-0.15, -0.1) is 0 Å². The number of hydrogen-bond donors (Lipinski definition) is 2. The van der Waals surface area contributed by atoms with Crippen molar-refractivity contribution in [3.8, 4) is 17.4 Å². The van der Waals surface area contributed by atoms with Crippen LogP contribution in [0.5, 0.6) is 17.4 Å². The molecule has 0 radical (unpaired) electrons. The summed E-state index contributed by atoms with van der Waals surface area (Å²) < 4.78 is 47.6. The van der Waals surface area contributed by atoms with Crippen molar-refractivity contribution in [1.82, 2.24) is 29.7 Å². The molecule has 0 unspecified atom stereocenters. The highest BCUT2D eigenvalue weighted by Gasteiger charge is 2.62. The molecule has 3 aromatic rings. The number of pyridine rings is 1. The van der Waals surface area contributed by atoms with E-state index < -0.39 is 56.1 Å². The minimum absolute atomic E-state index is 0.0137. The molecule has 1 saturated heterocycles. The normalized spacial score (nSPS) is 26.5. The summed E-state index contributed by atoms with van der Waals surface area (Å²) in [6, 6.07) is 4.94. The van der Waals surface area contributed by atoms with E-state index in [2.05, 4.69) is 15.1 Å². The number of carbonyl (C=O) groups excluding carboxylic acids is 4. The van der Waals surface area contributed by atoms with Crippen molar-refractivity contribution < 1.29 is 41.8 Å². The summed E-state index contributed by atoms with van der Waals surface area (Å²) in [4.78, 5) is 63.1. The van der Waals surface area contributed by atoms with Crippen molar-refractivity contribution in [1.29, 1.82) is 0 Å². The number of rotatable bonds is 10. The molecule has 312 valence electrons. The van der Waals surface area contributed by atoms with Gasteiger partial charge in [-0.2, -0.15) is 5.10 Å². The highest BCUT2D eigenvalue weighted by Crippen LogP contribution is 2.57. The van der Waals surface area contributed by atoms with Crippen LogP contribution < -0.4 is 24.2 Å². The maximum atomic E-state index is 14.8. The number of amides is 3. The Morgan fingerprint density at radius 1 is 1.07 bits per heavy atom. The van der Waals surface area contributed by atoms with Crippen LogP contribution in [0.4, 0.5) is 0 Å². The molecular formula is C42H54N6O9S. The number of aryl methyl sites for hydroxylation is 2. The molecule has 2 saturated carbocycles. The molecule has 3 fully saturated rings. The van der Waals surface area contributed by atoms with E-state index in [-0.39, 0.29) is 42.9 Å². The van der Waals surface area contributed by atoms with Gasteiger partial charge in [0.2, 0.25) is 27.7 Å². The Hall–Kier alpha value is -4.99. The molecular weight excluding hydrogens is 765 g/mol. The molecule has 3 amide bonds. The zero-order valence-electron chi connectivity index (χ0n) is 34.1. The Kier molecular flexibility index (Phi) is 11.3. The van der Waals surface area contributed by atoms with Crippen molar-refractivity contribution >= 4 is 44.4 Å². The molecule has 0 spiro atoms. The summed E-state index contributed by atoms with van der Waals surface area (Å²) in [5.41, 5.74) is 0.267. The number of ether oxygens (including phenoxy) is 3. The fourth-order valence-electron chi connectivity index (χ4n) is 8.21. The zero-order chi connectivity index (χ0) is 41.6. The van der Waals surface area contributed by atoms with Gasteiger partial charge in [-0.1, -0.05) is 25.0 Å². The molecule has 16 heteroatoms. The average molecular weight is 819 g/mol. The Morgan fingerprint density at radius 2 is 1.84 bits per heavy atom. The smallest absolute Gasteiger partial charge is 0.272 e. The second kappa shape index (κ2) is 16.0. The topological polar surface area (TPSA) is 188 Å². The number of benzene rings is 1. The third-order valence-corrected chi connectivity index (χ3v) is 14.3. The molecule has 2 N–H and O–H groups in total. The lowest BCUT2D eigenvalue weighted by Gasteiger charge is -2.29. The number of nitrogens with one attached hydrogen (secondary N) is 2. The molecule has 2 aliphatic carbocycles. The molecule has 2 aliphatic heterocycles. The van der Waals surface area contributed by atoms with E-state index in [4.69, 9.17) is 19.2 Å². The van der Waals surface area contributed by atoms with Crippen molar-refractivity contribution in [2.75, 3.05) is 13.7 Å². The minimum Gasteiger partial charge on any atom is -0.496 e. The Morgan fingerprint density at radius 3 is 2.53 bits per heavy atom. The number of sulfonamides is 1. The third-order valence-electron chi connectivity index (χ3n) is 12.1. The first-order valence-corrected chi connectivity index (χ1v) is 21.7. The fourth-order valence-corrected chi connectivity index (χ4v) is 9.55. The SMILES string of the molecule is COc1ccc2c(O[C@@H]3C[C@H]4C(=O)C[C@]5(C(=O)NS(=O)(=O)C6(C)CC6)C[C@@H]5/C=C\CCCCC[C@H](NC(=O)c5ccn(C)n5)C(=O)N4C3)cc(OC(C)C)nc2c1C. The minimum atomic E-state index is -3.97. The van der Waals surface area contributed by atoms with Crippen LogP contribution in [0.15, 0.2) is 42.6 Å². The molecule has 15 nitrogen and oxygen atoms in total. The molecule has 0 bridgehead atoms. The summed E-state index contributed by atoms with van der Waals surface area (Å²) in [7, 11) is -0.687. The van der Waals surface area contributed by atoms with Crippen LogP contribution in [0.2, 0.25) is 0 Å². The van der Waals surface area contributed by atoms with Gasteiger partial charge in [-0.3, -0.25) is 28.6 Å². The molecule has 1 aromatic carbocycles. The number of hydrogen-bond acceptors (Lipinski definition) is 11. The second-order valence-electron chi connectivity index (χ2n) is 16.9. The van der Waals surface area contributed by atoms with Crippen molar-refractivity contribution in [2.45, 2.75) is 121 Å². The van der Waals surface area contributed by atoms with Gasteiger partial charge < -0.3 is 24.4 Å². The average Bonchev–Trinajstić information content (AvgIpc) is 3.97. The number of carbonyl (C=O) groups is 4. The van der Waals surface area contributed by atoms with Crippen LogP contribution in [0.25, 0.3) is 10.9 Å². The summed E-state index contributed by atoms with van der Waals surface area (Å²) in [6.45, 7) is 7.30. The highest BCUT2D eigenvalue weighted by atomic mass is 32.2. The molecule has 4 aliphatic rings. The number of ketones is 1. The maximum Gasteiger partial charge on any atom is 0.272 e. The lowest BCUT2D eigenvalue weighted by atomic mass is 9.91. The van der Waals surface area contributed by atoms with Gasteiger partial charge in [0.1, 0.15) is 29.3 Å². The number of nitrogens with zero attached hydrogens (tertiary/aromatic N) is 4. The monoisotopic (exact) mass is 818 g/mol. The van der Waals surface area contributed by atoms with E-state index in [1.165, 1.54) is 9.58 Å². The standard InChI is InChI=1S/C42H54N6O9S/c1-25(2)56-36-21-35(29-14-15-34(55-6)26(3)37(29)44-36)57-28-20-32-33(49)23-42(40(52)46-58(53,54)41(4)17-18-41)22-27(42)12-10-8-7-9-11-13-31(39(51)48(32)24-28)43-38(50)30-16-19-47(5)45-30/h10,12,14-16,19,21,25,27-28,31-32H,7-9,11,13,17-18,20,22-24H2,1-6H3,(H,43,50)(H,46,52)/b12-10-/t27-,28+,31-,32-,42+/m0/s1. The summed E-state index contributed by atoms with van der Waals surface area (Å²) in [5.74, 6) is -0.945. The van der Waals surface area contributed by atoms with Crippen molar-refractivity contribution in [3.05, 3.63) is 53.9 Å². The summed E-state index contributed by atoms with van der Waals surface area (Å²) in [5, 5.41) is 7.80. The van der Waals surface area contributed by atoms with Crippen LogP contribution in [0, 0.1) is 18.3 Å². The first kappa shape index (κ1) is 41.2. The number of aromatic nitrogens is 3. The van der Waals surface area contributed by atoms with Gasteiger partial charge in [0.25, 0.3) is 5.91 Å². The third kappa shape index (κ3) is 8.30. The van der Waals surface area contributed by atoms with Gasteiger partial charge in [0.15, 0.2) is 5.78 Å². The maximum absolute atomic E-state index is 14.8. The summed E-state index contributed by atoms with van der Waals surface area (Å²) in [6.07, 6.45) is 9.00. The van der Waals surface area contributed by atoms with Crippen molar-refractivity contribution in [3.63, 3.8) is 0 Å². The predicted octanol–water partition coefficient (Wildman–Crippen LogP) is 4.70. The quantitative estimate of drug-likeness (QED) is 0.270. The van der Waals surface area contributed by atoms with Gasteiger partial charge in [0, 0.05) is 43.1 Å². The lowest BCUT2D eigenvalue weighted by Crippen LogP contribution is -2.52. The van der Waals surface area contributed by atoms with E-state index in [0.29, 0.717) is 66.8 Å². The largest absolute Gasteiger partial charge is 0.496 e. The number of allylic oxidation sites excluding steroid dienone is 2. The van der Waals surface area contributed by atoms with Crippen LogP contribution in [-0.4, -0.2) is 94.3 Å². The van der Waals surface area contributed by atoms with Gasteiger partial charge in [0.05, 0.1) is 41.5 Å². The van der Waals surface area contributed by atoms with E-state index in [1.54, 1.807) is 39.4 Å². The molecule has 4 heterocycles. The summed E-state index contributed by atoms with van der Waals surface area (Å²) >= 11 is 0. The highest BCUT2D eigenvalue weighted by molar-refractivity contribution is 7.91. The van der Waals surface area contributed by atoms with Gasteiger partial charge >= 0.3 is 0 Å². The Bertz CT molecular complexity index is 2250. The van der Waals surface area contributed by atoms with Gasteiger partial charge in [-0.25, -0.2) is 13.4 Å².